The fraction of sp³-hybridized carbons (Fsp3) is 0.538. The number of rotatable bonds is 4. The molecule has 0 saturated heterocycles. The van der Waals surface area contributed by atoms with E-state index in [4.69, 9.17) is 11.6 Å². The van der Waals surface area contributed by atoms with Gasteiger partial charge in [0.05, 0.1) is 11.8 Å². The Morgan fingerprint density at radius 3 is 3.00 bits per heavy atom. The lowest BCUT2D eigenvalue weighted by Gasteiger charge is -2.17. The Morgan fingerprint density at radius 1 is 1.53 bits per heavy atom. The van der Waals surface area contributed by atoms with E-state index >= 15 is 0 Å². The normalized spacial score (nSPS) is 22.5. The molecular weight excluding hydrogens is 271 g/mol. The van der Waals surface area contributed by atoms with Crippen molar-refractivity contribution in [2.75, 3.05) is 13.2 Å². The van der Waals surface area contributed by atoms with Gasteiger partial charge in [-0.05, 0) is 30.7 Å². The molecule has 1 amide bonds. The maximum absolute atomic E-state index is 13.0. The Balaban J connectivity index is 1.96. The van der Waals surface area contributed by atoms with Gasteiger partial charge in [0.1, 0.15) is 11.0 Å². The standard InChI is InChI=1S/C13H16ClFN2O2/c14-12-11(4-10(15)6-16-12)13(19)17-5-8-2-1-3-9(8)7-18/h4,6,8-9,18H,1-3,5,7H2,(H,17,19). The van der Waals surface area contributed by atoms with E-state index in [1.807, 2.05) is 0 Å². The van der Waals surface area contributed by atoms with Crippen LogP contribution in [0.3, 0.4) is 0 Å². The Hall–Kier alpha value is -1.20. The maximum atomic E-state index is 13.0. The first-order valence-electron chi connectivity index (χ1n) is 6.32. The fourth-order valence-electron chi connectivity index (χ4n) is 2.52. The third kappa shape index (κ3) is 3.42. The van der Waals surface area contributed by atoms with Crippen LogP contribution in [0.4, 0.5) is 4.39 Å². The predicted octanol–water partition coefficient (Wildman–Crippen LogP) is 2.01. The zero-order valence-corrected chi connectivity index (χ0v) is 11.2. The van der Waals surface area contributed by atoms with Gasteiger partial charge < -0.3 is 10.4 Å². The average molecular weight is 287 g/mol. The van der Waals surface area contributed by atoms with Crippen molar-refractivity contribution in [3.63, 3.8) is 0 Å². The minimum absolute atomic E-state index is 0.0102. The Kier molecular flexibility index (Phi) is 4.71. The van der Waals surface area contributed by atoms with Crippen LogP contribution in [0.5, 0.6) is 0 Å². The molecule has 0 aliphatic heterocycles. The van der Waals surface area contributed by atoms with Crippen LogP contribution in [0, 0.1) is 17.7 Å². The van der Waals surface area contributed by atoms with Gasteiger partial charge in [-0.2, -0.15) is 0 Å². The summed E-state index contributed by atoms with van der Waals surface area (Å²) in [5.74, 6) is -0.514. The SMILES string of the molecule is O=C(NCC1CCCC1CO)c1cc(F)cnc1Cl. The van der Waals surface area contributed by atoms with Gasteiger partial charge in [0.2, 0.25) is 0 Å². The van der Waals surface area contributed by atoms with Crippen molar-refractivity contribution in [3.8, 4) is 0 Å². The van der Waals surface area contributed by atoms with Crippen molar-refractivity contribution in [3.05, 3.63) is 28.8 Å². The summed E-state index contributed by atoms with van der Waals surface area (Å²) in [6.07, 6.45) is 4.01. The molecule has 1 saturated carbocycles. The zero-order chi connectivity index (χ0) is 13.8. The Bertz CT molecular complexity index is 470. The average Bonchev–Trinajstić information content (AvgIpc) is 2.86. The first-order valence-corrected chi connectivity index (χ1v) is 6.69. The third-order valence-corrected chi connectivity index (χ3v) is 3.93. The maximum Gasteiger partial charge on any atom is 0.254 e. The molecule has 2 N–H and O–H groups in total. The van der Waals surface area contributed by atoms with Gasteiger partial charge in [0.25, 0.3) is 5.91 Å². The molecule has 2 unspecified atom stereocenters. The first-order chi connectivity index (χ1) is 9.11. The summed E-state index contributed by atoms with van der Waals surface area (Å²) in [6.45, 7) is 0.611. The number of halogens is 2. The van der Waals surface area contributed by atoms with Gasteiger partial charge in [-0.15, -0.1) is 0 Å². The zero-order valence-electron chi connectivity index (χ0n) is 10.4. The van der Waals surface area contributed by atoms with E-state index in [9.17, 15) is 14.3 Å². The molecule has 19 heavy (non-hydrogen) atoms. The number of hydrogen-bond acceptors (Lipinski definition) is 3. The summed E-state index contributed by atoms with van der Waals surface area (Å²) < 4.78 is 13.0. The predicted molar refractivity (Wildman–Crippen MR) is 69.5 cm³/mol. The topological polar surface area (TPSA) is 62.2 Å². The van der Waals surface area contributed by atoms with E-state index in [0.29, 0.717) is 6.54 Å². The van der Waals surface area contributed by atoms with Crippen molar-refractivity contribution in [1.29, 1.82) is 0 Å². The molecule has 104 valence electrons. The minimum Gasteiger partial charge on any atom is -0.396 e. The van der Waals surface area contributed by atoms with Crippen molar-refractivity contribution in [1.82, 2.24) is 10.3 Å². The van der Waals surface area contributed by atoms with Crippen molar-refractivity contribution in [2.45, 2.75) is 19.3 Å². The van der Waals surface area contributed by atoms with E-state index in [-0.39, 0.29) is 29.2 Å². The van der Waals surface area contributed by atoms with Crippen molar-refractivity contribution >= 4 is 17.5 Å². The molecule has 0 bridgehead atoms. The Labute approximate surface area is 116 Å². The smallest absolute Gasteiger partial charge is 0.254 e. The van der Waals surface area contributed by atoms with Gasteiger partial charge in [-0.25, -0.2) is 9.37 Å². The van der Waals surface area contributed by atoms with Crippen molar-refractivity contribution in [2.24, 2.45) is 11.8 Å². The second kappa shape index (κ2) is 6.30. The highest BCUT2D eigenvalue weighted by Gasteiger charge is 2.27. The lowest BCUT2D eigenvalue weighted by molar-refractivity contribution is 0.0937. The number of carbonyl (C=O) groups is 1. The molecule has 1 aliphatic carbocycles. The van der Waals surface area contributed by atoms with Crippen LogP contribution in [0.25, 0.3) is 0 Å². The number of hydrogen-bond donors (Lipinski definition) is 2. The van der Waals surface area contributed by atoms with Gasteiger partial charge in [-0.1, -0.05) is 18.0 Å². The van der Waals surface area contributed by atoms with E-state index in [1.54, 1.807) is 0 Å². The number of nitrogens with one attached hydrogen (secondary N) is 1. The molecule has 1 fully saturated rings. The van der Waals surface area contributed by atoms with Crippen LogP contribution in [0.2, 0.25) is 5.15 Å². The fourth-order valence-corrected chi connectivity index (χ4v) is 2.71. The second-order valence-electron chi connectivity index (χ2n) is 4.84. The van der Waals surface area contributed by atoms with Crippen LogP contribution in [-0.4, -0.2) is 29.1 Å². The molecule has 0 aromatic carbocycles. The summed E-state index contributed by atoms with van der Waals surface area (Å²) in [5.41, 5.74) is 0.0419. The summed E-state index contributed by atoms with van der Waals surface area (Å²) in [4.78, 5) is 15.5. The van der Waals surface area contributed by atoms with E-state index in [1.165, 1.54) is 0 Å². The summed E-state index contributed by atoms with van der Waals surface area (Å²) in [5, 5.41) is 11.9. The molecule has 1 aliphatic rings. The van der Waals surface area contributed by atoms with Crippen LogP contribution < -0.4 is 5.32 Å². The lowest BCUT2D eigenvalue weighted by Crippen LogP contribution is -2.32. The molecular formula is C13H16ClFN2O2. The molecule has 1 heterocycles. The van der Waals surface area contributed by atoms with E-state index in [2.05, 4.69) is 10.3 Å². The number of aliphatic hydroxyl groups is 1. The lowest BCUT2D eigenvalue weighted by atomic mass is 9.97. The monoisotopic (exact) mass is 286 g/mol. The van der Waals surface area contributed by atoms with Crippen LogP contribution in [-0.2, 0) is 0 Å². The molecule has 2 atom stereocenters. The quantitative estimate of drug-likeness (QED) is 0.833. The third-order valence-electron chi connectivity index (χ3n) is 3.63. The summed E-state index contributed by atoms with van der Waals surface area (Å²) in [7, 11) is 0. The first kappa shape index (κ1) is 14.2. The summed E-state index contributed by atoms with van der Waals surface area (Å²) in [6, 6.07) is 1.07. The minimum atomic E-state index is -0.594. The Morgan fingerprint density at radius 2 is 2.26 bits per heavy atom. The molecule has 4 nitrogen and oxygen atoms in total. The molecule has 2 rings (SSSR count). The number of amides is 1. The van der Waals surface area contributed by atoms with Crippen molar-refractivity contribution < 1.29 is 14.3 Å². The molecule has 1 aromatic heterocycles. The largest absolute Gasteiger partial charge is 0.396 e. The van der Waals surface area contributed by atoms with Crippen LogP contribution >= 0.6 is 11.6 Å². The molecule has 0 spiro atoms. The van der Waals surface area contributed by atoms with Crippen LogP contribution in [0.1, 0.15) is 29.6 Å². The highest BCUT2D eigenvalue weighted by Crippen LogP contribution is 2.30. The highest BCUT2D eigenvalue weighted by molar-refractivity contribution is 6.32. The molecule has 1 aromatic rings. The number of carbonyl (C=O) groups excluding carboxylic acids is 1. The summed E-state index contributed by atoms with van der Waals surface area (Å²) >= 11 is 5.76. The number of pyridine rings is 1. The number of nitrogens with zero attached hydrogens (tertiary/aromatic N) is 1. The molecule has 0 radical (unpaired) electrons. The van der Waals surface area contributed by atoms with Gasteiger partial charge in [0.15, 0.2) is 0 Å². The van der Waals surface area contributed by atoms with E-state index in [0.717, 1.165) is 31.5 Å². The van der Waals surface area contributed by atoms with Gasteiger partial charge >= 0.3 is 0 Å². The highest BCUT2D eigenvalue weighted by atomic mass is 35.5. The van der Waals surface area contributed by atoms with Gasteiger partial charge in [0, 0.05) is 13.2 Å². The van der Waals surface area contributed by atoms with Gasteiger partial charge in [-0.3, -0.25) is 4.79 Å². The second-order valence-corrected chi connectivity index (χ2v) is 5.19. The molecule has 6 heteroatoms. The van der Waals surface area contributed by atoms with E-state index < -0.39 is 11.7 Å². The van der Waals surface area contributed by atoms with Crippen LogP contribution in [0.15, 0.2) is 12.3 Å². The number of aromatic nitrogens is 1. The number of aliphatic hydroxyl groups excluding tert-OH is 1.